The number of carboxylic acid groups (broad SMARTS) is 1. The molecule has 0 radical (unpaired) electrons. The number of anilines is 1. The van der Waals surface area contributed by atoms with Crippen molar-refractivity contribution in [3.63, 3.8) is 0 Å². The van der Waals surface area contributed by atoms with E-state index >= 15 is 0 Å². The van der Waals surface area contributed by atoms with E-state index in [4.69, 9.17) is 9.82 Å². The number of nitrogens with zero attached hydrogens (tertiary/aromatic N) is 2. The summed E-state index contributed by atoms with van der Waals surface area (Å²) in [6, 6.07) is 59.6. The molecule has 1 aromatic heterocycles. The summed E-state index contributed by atoms with van der Waals surface area (Å²) in [7, 11) is 0. The van der Waals surface area contributed by atoms with Crippen LogP contribution in [0.2, 0.25) is 0 Å². The number of hydrogen-bond acceptors (Lipinski definition) is 6. The summed E-state index contributed by atoms with van der Waals surface area (Å²) in [4.78, 5) is 24.3. The minimum absolute atomic E-state index is 0. The zero-order chi connectivity index (χ0) is 34.2. The van der Waals surface area contributed by atoms with Crippen molar-refractivity contribution in [1.82, 2.24) is 4.98 Å². The van der Waals surface area contributed by atoms with Gasteiger partial charge in [0, 0.05) is 22.1 Å². The molecule has 0 atom stereocenters. The zero-order valence-electron chi connectivity index (χ0n) is 27.0. The van der Waals surface area contributed by atoms with Crippen LogP contribution in [0.4, 0.5) is 5.13 Å². The average Bonchev–Trinajstić information content (AvgIpc) is 3.65. The van der Waals surface area contributed by atoms with E-state index in [1.807, 2.05) is 146 Å². The molecule has 6 aromatic carbocycles. The molecule has 0 aliphatic carbocycles. The number of rotatable bonds is 12. The van der Waals surface area contributed by atoms with E-state index in [2.05, 4.69) is 46.9 Å². The van der Waals surface area contributed by atoms with Crippen molar-refractivity contribution < 1.29 is 14.7 Å². The quantitative estimate of drug-likeness (QED) is 0.0579. The molecule has 0 saturated heterocycles. The SMILES string of the molecule is O=C(O)/C(=N\OC(c1ccccc1)(c1ccccc1)c1ccccc1)c1csc(NC(c2ccccc2)(c2ccccc2)c2ccccc2)n1.[NaH]. The predicted molar refractivity (Wildman–Crippen MR) is 207 cm³/mol. The molecule has 0 spiro atoms. The molecular weight excluding hydrogens is 662 g/mol. The Bertz CT molecular complexity index is 1990. The van der Waals surface area contributed by atoms with Gasteiger partial charge in [-0.15, -0.1) is 11.3 Å². The fourth-order valence-corrected chi connectivity index (χ4v) is 7.12. The maximum absolute atomic E-state index is 12.9. The van der Waals surface area contributed by atoms with Crippen LogP contribution in [0.5, 0.6) is 0 Å². The number of nitrogens with one attached hydrogen (secondary N) is 1. The fraction of sp³-hybridized carbons (Fsp3) is 0.0465. The topological polar surface area (TPSA) is 83.8 Å². The third-order valence-corrected chi connectivity index (χ3v) is 9.44. The Hall–Kier alpha value is -5.31. The molecule has 0 unspecified atom stereocenters. The van der Waals surface area contributed by atoms with Crippen LogP contribution in [0.15, 0.2) is 193 Å². The van der Waals surface area contributed by atoms with Crippen molar-refractivity contribution in [2.75, 3.05) is 5.32 Å². The molecule has 7 aromatic rings. The standard InChI is InChI=1S/C43H33N3O3S.Na.H/c47-40(48)39(46-49-43(35-25-13-4-14-26-35,36-27-15-5-16-28-36)37-29-17-6-18-30-37)38-31-50-41(44-38)45-42(32-19-7-1-8-20-32,33-21-9-2-10-22-33)34-23-11-3-12-24-34;;/h1-31H,(H,44,45)(H,47,48);;/b46-39-;;. The summed E-state index contributed by atoms with van der Waals surface area (Å²) in [6.07, 6.45) is 0. The molecule has 246 valence electrons. The Morgan fingerprint density at radius 3 is 1.24 bits per heavy atom. The molecule has 0 aliphatic rings. The number of carbonyl (C=O) groups is 1. The Balaban J connectivity index is 0.00000448. The number of carboxylic acids is 1. The van der Waals surface area contributed by atoms with Crippen LogP contribution < -0.4 is 5.32 Å². The summed E-state index contributed by atoms with van der Waals surface area (Å²) in [5.74, 6) is -1.26. The van der Waals surface area contributed by atoms with Gasteiger partial charge in [0.05, 0.1) is 0 Å². The van der Waals surface area contributed by atoms with Gasteiger partial charge in [-0.05, 0) is 16.7 Å². The third kappa shape index (κ3) is 7.16. The number of benzene rings is 6. The van der Waals surface area contributed by atoms with E-state index in [1.165, 1.54) is 11.3 Å². The van der Waals surface area contributed by atoms with Crippen molar-refractivity contribution >= 4 is 57.7 Å². The molecule has 51 heavy (non-hydrogen) atoms. The summed E-state index contributed by atoms with van der Waals surface area (Å²) in [5.41, 5.74) is 3.18. The van der Waals surface area contributed by atoms with E-state index in [1.54, 1.807) is 5.38 Å². The van der Waals surface area contributed by atoms with Gasteiger partial charge in [0.1, 0.15) is 11.2 Å². The molecule has 0 bridgehead atoms. The number of hydrogen-bond donors (Lipinski definition) is 2. The normalized spacial score (nSPS) is 11.6. The van der Waals surface area contributed by atoms with Gasteiger partial charge in [0.2, 0.25) is 11.3 Å². The molecule has 0 aliphatic heterocycles. The van der Waals surface area contributed by atoms with Crippen molar-refractivity contribution in [2.45, 2.75) is 11.1 Å². The first-order valence-corrected chi connectivity index (χ1v) is 17.1. The summed E-state index contributed by atoms with van der Waals surface area (Å²) < 4.78 is 0. The number of aromatic nitrogens is 1. The van der Waals surface area contributed by atoms with Crippen LogP contribution in [0.3, 0.4) is 0 Å². The first-order chi connectivity index (χ1) is 24.6. The molecule has 8 heteroatoms. The van der Waals surface area contributed by atoms with Crippen molar-refractivity contribution in [3.8, 4) is 0 Å². The monoisotopic (exact) mass is 695 g/mol. The van der Waals surface area contributed by atoms with Crippen LogP contribution in [-0.4, -0.2) is 51.3 Å². The second kappa shape index (κ2) is 16.1. The second-order valence-electron chi connectivity index (χ2n) is 11.6. The van der Waals surface area contributed by atoms with E-state index in [0.29, 0.717) is 5.13 Å². The van der Waals surface area contributed by atoms with E-state index in [-0.39, 0.29) is 41.0 Å². The van der Waals surface area contributed by atoms with Crippen LogP contribution in [-0.2, 0) is 20.8 Å². The van der Waals surface area contributed by atoms with Crippen LogP contribution >= 0.6 is 11.3 Å². The van der Waals surface area contributed by atoms with Crippen LogP contribution in [0, 0.1) is 0 Å². The number of oxime groups is 1. The molecule has 0 fully saturated rings. The van der Waals surface area contributed by atoms with Crippen molar-refractivity contribution in [1.29, 1.82) is 0 Å². The van der Waals surface area contributed by atoms with Gasteiger partial charge in [-0.1, -0.05) is 187 Å². The first kappa shape index (κ1) is 35.5. The van der Waals surface area contributed by atoms with E-state index in [0.717, 1.165) is 33.4 Å². The first-order valence-electron chi connectivity index (χ1n) is 16.2. The summed E-state index contributed by atoms with van der Waals surface area (Å²) in [6.45, 7) is 0. The maximum atomic E-state index is 12.9. The number of thiazole rings is 1. The van der Waals surface area contributed by atoms with Crippen LogP contribution in [0.25, 0.3) is 0 Å². The van der Waals surface area contributed by atoms with Gasteiger partial charge in [-0.3, -0.25) is 0 Å². The Morgan fingerprint density at radius 2 is 0.902 bits per heavy atom. The Labute approximate surface area is 323 Å². The molecule has 0 saturated carbocycles. The molecule has 1 heterocycles. The number of aliphatic carboxylic acids is 1. The van der Waals surface area contributed by atoms with Crippen molar-refractivity contribution in [2.24, 2.45) is 5.16 Å². The van der Waals surface area contributed by atoms with Gasteiger partial charge in [-0.2, -0.15) is 0 Å². The Morgan fingerprint density at radius 1 is 0.569 bits per heavy atom. The minimum atomic E-state index is -1.26. The second-order valence-corrected chi connectivity index (χ2v) is 12.5. The molecule has 6 nitrogen and oxygen atoms in total. The van der Waals surface area contributed by atoms with Crippen molar-refractivity contribution in [3.05, 3.63) is 226 Å². The average molecular weight is 696 g/mol. The van der Waals surface area contributed by atoms with Gasteiger partial charge >= 0.3 is 35.5 Å². The van der Waals surface area contributed by atoms with E-state index < -0.39 is 17.1 Å². The van der Waals surface area contributed by atoms with Gasteiger partial charge in [0.15, 0.2) is 5.13 Å². The molecule has 2 N–H and O–H groups in total. The van der Waals surface area contributed by atoms with E-state index in [9.17, 15) is 9.90 Å². The molecular formula is C43H34N3NaO3S. The van der Waals surface area contributed by atoms with Gasteiger partial charge in [-0.25, -0.2) is 9.78 Å². The van der Waals surface area contributed by atoms with Gasteiger partial charge < -0.3 is 15.3 Å². The zero-order valence-corrected chi connectivity index (χ0v) is 27.8. The summed E-state index contributed by atoms with van der Waals surface area (Å²) in [5, 5.41) is 20.9. The van der Waals surface area contributed by atoms with Crippen LogP contribution in [0.1, 0.15) is 39.1 Å². The van der Waals surface area contributed by atoms with Gasteiger partial charge in [0.25, 0.3) is 0 Å². The summed E-state index contributed by atoms with van der Waals surface area (Å²) >= 11 is 1.31. The third-order valence-electron chi connectivity index (χ3n) is 8.68. The molecule has 7 rings (SSSR count). The molecule has 0 amide bonds. The predicted octanol–water partition coefficient (Wildman–Crippen LogP) is 8.70. The fourth-order valence-electron chi connectivity index (χ4n) is 6.37. The Kier molecular flexibility index (Phi) is 11.2.